The lowest BCUT2D eigenvalue weighted by molar-refractivity contribution is -0.121. The van der Waals surface area contributed by atoms with Crippen molar-refractivity contribution in [3.05, 3.63) is 29.6 Å². The molecule has 1 aromatic carbocycles. The minimum absolute atomic E-state index is 0.134. The number of benzene rings is 1. The van der Waals surface area contributed by atoms with Crippen molar-refractivity contribution in [2.45, 2.75) is 64.3 Å². The first kappa shape index (κ1) is 15.1. The summed E-state index contributed by atoms with van der Waals surface area (Å²) in [7, 11) is 0. The van der Waals surface area contributed by atoms with Crippen molar-refractivity contribution in [3.63, 3.8) is 0 Å². The lowest BCUT2D eigenvalue weighted by Gasteiger charge is -2.22. The lowest BCUT2D eigenvalue weighted by atomic mass is 9.95. The molecule has 2 N–H and O–H groups in total. The molecule has 1 aromatic heterocycles. The van der Waals surface area contributed by atoms with Gasteiger partial charge >= 0.3 is 0 Å². The highest BCUT2D eigenvalue weighted by molar-refractivity contribution is 5.82. The van der Waals surface area contributed by atoms with Crippen molar-refractivity contribution >= 4 is 16.9 Å². The molecule has 0 aliphatic heterocycles. The molecule has 4 nitrogen and oxygen atoms in total. The maximum Gasteiger partial charge on any atom is 0.224 e. The zero-order valence-corrected chi connectivity index (χ0v) is 13.5. The number of nitrogens with zero attached hydrogens (tertiary/aromatic N) is 1. The van der Waals surface area contributed by atoms with Crippen LogP contribution in [-0.2, 0) is 11.2 Å². The first-order valence-electron chi connectivity index (χ1n) is 8.40. The average Bonchev–Trinajstić information content (AvgIpc) is 2.91. The van der Waals surface area contributed by atoms with Crippen LogP contribution in [0.1, 0.15) is 63.3 Å². The van der Waals surface area contributed by atoms with Crippen molar-refractivity contribution in [2.24, 2.45) is 0 Å². The van der Waals surface area contributed by atoms with E-state index in [1.54, 1.807) is 0 Å². The fourth-order valence-electron chi connectivity index (χ4n) is 3.17. The van der Waals surface area contributed by atoms with E-state index in [2.05, 4.69) is 35.2 Å². The zero-order chi connectivity index (χ0) is 15.5. The van der Waals surface area contributed by atoms with Crippen LogP contribution in [0.25, 0.3) is 11.0 Å². The van der Waals surface area contributed by atoms with Gasteiger partial charge in [-0.25, -0.2) is 4.98 Å². The van der Waals surface area contributed by atoms with Crippen LogP contribution in [0.15, 0.2) is 18.2 Å². The van der Waals surface area contributed by atoms with Gasteiger partial charge in [-0.05, 0) is 30.5 Å². The van der Waals surface area contributed by atoms with Gasteiger partial charge in [-0.3, -0.25) is 4.79 Å². The Bertz CT molecular complexity index is 653. The molecule has 0 bridgehead atoms. The summed E-state index contributed by atoms with van der Waals surface area (Å²) >= 11 is 0. The highest BCUT2D eigenvalue weighted by Crippen LogP contribution is 2.20. The zero-order valence-electron chi connectivity index (χ0n) is 13.5. The summed E-state index contributed by atoms with van der Waals surface area (Å²) < 4.78 is 0. The molecule has 4 heteroatoms. The van der Waals surface area contributed by atoms with Gasteiger partial charge in [-0.15, -0.1) is 0 Å². The minimum Gasteiger partial charge on any atom is -0.353 e. The highest BCUT2D eigenvalue weighted by atomic mass is 16.1. The molecule has 1 aliphatic carbocycles. The molecule has 0 spiro atoms. The number of hydrogen-bond donors (Lipinski definition) is 2. The van der Waals surface area contributed by atoms with Gasteiger partial charge in [0.05, 0.1) is 17.5 Å². The monoisotopic (exact) mass is 299 g/mol. The molecule has 1 amide bonds. The molecule has 0 unspecified atom stereocenters. The summed E-state index contributed by atoms with van der Waals surface area (Å²) in [6.07, 6.45) is 6.49. The Morgan fingerprint density at radius 3 is 2.82 bits per heavy atom. The first-order chi connectivity index (χ1) is 10.6. The molecule has 2 aromatic rings. The van der Waals surface area contributed by atoms with Gasteiger partial charge in [-0.2, -0.15) is 0 Å². The second kappa shape index (κ2) is 6.51. The van der Waals surface area contributed by atoms with Crippen molar-refractivity contribution in [1.29, 1.82) is 0 Å². The Kier molecular flexibility index (Phi) is 4.46. The number of carbonyl (C=O) groups excluding carboxylic acids is 1. The first-order valence-corrected chi connectivity index (χ1v) is 8.40. The third kappa shape index (κ3) is 3.49. The Labute approximate surface area is 131 Å². The van der Waals surface area contributed by atoms with Crippen LogP contribution >= 0.6 is 0 Å². The van der Waals surface area contributed by atoms with Gasteiger partial charge in [0, 0.05) is 12.0 Å². The van der Waals surface area contributed by atoms with E-state index in [9.17, 15) is 4.79 Å². The molecule has 22 heavy (non-hydrogen) atoms. The van der Waals surface area contributed by atoms with Crippen LogP contribution < -0.4 is 5.32 Å². The second-order valence-electron chi connectivity index (χ2n) is 6.71. The highest BCUT2D eigenvalue weighted by Gasteiger charge is 2.16. The van der Waals surface area contributed by atoms with Crippen molar-refractivity contribution in [2.75, 3.05) is 0 Å². The van der Waals surface area contributed by atoms with E-state index in [1.807, 2.05) is 12.1 Å². The fraction of sp³-hybridized carbons (Fsp3) is 0.556. The minimum atomic E-state index is 0.134. The van der Waals surface area contributed by atoms with Crippen molar-refractivity contribution in [3.8, 4) is 0 Å². The number of H-pyrrole nitrogens is 1. The van der Waals surface area contributed by atoms with Crippen LogP contribution in [0.5, 0.6) is 0 Å². The van der Waals surface area contributed by atoms with Gasteiger partial charge in [-0.1, -0.05) is 39.2 Å². The third-order valence-electron chi connectivity index (χ3n) is 4.45. The molecule has 1 fully saturated rings. The molecule has 1 saturated carbocycles. The fourth-order valence-corrected chi connectivity index (χ4v) is 3.17. The lowest BCUT2D eigenvalue weighted by Crippen LogP contribution is -2.37. The van der Waals surface area contributed by atoms with E-state index in [-0.39, 0.29) is 5.91 Å². The van der Waals surface area contributed by atoms with Crippen LogP contribution in [-0.4, -0.2) is 21.9 Å². The van der Waals surface area contributed by atoms with Gasteiger partial charge in [0.25, 0.3) is 0 Å². The standard InChI is InChI=1S/C18H25N3O/c1-12(2)18-20-15-9-8-13(10-16(15)21-18)11-17(22)19-14-6-4-3-5-7-14/h8-10,12,14H,3-7,11H2,1-2H3,(H,19,22)(H,20,21). The van der Waals surface area contributed by atoms with E-state index >= 15 is 0 Å². The number of aromatic nitrogens is 2. The number of carbonyl (C=O) groups is 1. The van der Waals surface area contributed by atoms with Crippen LogP contribution in [0, 0.1) is 0 Å². The molecular weight excluding hydrogens is 274 g/mol. The molecule has 0 atom stereocenters. The van der Waals surface area contributed by atoms with Crippen LogP contribution in [0.2, 0.25) is 0 Å². The summed E-state index contributed by atoms with van der Waals surface area (Å²) in [5.74, 6) is 1.51. The number of rotatable bonds is 4. The van der Waals surface area contributed by atoms with Gasteiger partial charge in [0.2, 0.25) is 5.91 Å². The maximum absolute atomic E-state index is 12.2. The quantitative estimate of drug-likeness (QED) is 0.905. The van der Waals surface area contributed by atoms with Gasteiger partial charge in [0.1, 0.15) is 5.82 Å². The predicted octanol–water partition coefficient (Wildman–Crippen LogP) is 3.68. The van der Waals surface area contributed by atoms with Crippen molar-refractivity contribution in [1.82, 2.24) is 15.3 Å². The van der Waals surface area contributed by atoms with E-state index in [0.717, 1.165) is 35.3 Å². The summed E-state index contributed by atoms with van der Waals surface area (Å²) in [5.41, 5.74) is 3.03. The SMILES string of the molecule is CC(C)c1nc2ccc(CC(=O)NC3CCCCC3)cc2[nH]1. The van der Waals surface area contributed by atoms with Crippen LogP contribution in [0.3, 0.4) is 0 Å². The largest absolute Gasteiger partial charge is 0.353 e. The Morgan fingerprint density at radius 2 is 2.09 bits per heavy atom. The number of imidazole rings is 1. The summed E-state index contributed by atoms with van der Waals surface area (Å²) in [5, 5.41) is 3.17. The normalized spacial score (nSPS) is 16.3. The number of nitrogens with one attached hydrogen (secondary N) is 2. The molecule has 118 valence electrons. The number of fused-ring (bicyclic) bond motifs is 1. The second-order valence-corrected chi connectivity index (χ2v) is 6.71. The average molecular weight is 299 g/mol. The number of amides is 1. The summed E-state index contributed by atoms with van der Waals surface area (Å²) in [4.78, 5) is 20.1. The topological polar surface area (TPSA) is 57.8 Å². The molecular formula is C18H25N3O. The Balaban J connectivity index is 1.66. The van der Waals surface area contributed by atoms with Gasteiger partial charge < -0.3 is 10.3 Å². The van der Waals surface area contributed by atoms with E-state index in [0.29, 0.717) is 18.4 Å². The molecule has 1 aliphatic rings. The van der Waals surface area contributed by atoms with E-state index in [4.69, 9.17) is 0 Å². The maximum atomic E-state index is 12.2. The van der Waals surface area contributed by atoms with Crippen molar-refractivity contribution < 1.29 is 4.79 Å². The molecule has 1 heterocycles. The predicted molar refractivity (Wildman–Crippen MR) is 88.9 cm³/mol. The number of hydrogen-bond acceptors (Lipinski definition) is 2. The van der Waals surface area contributed by atoms with Gasteiger partial charge in [0.15, 0.2) is 0 Å². The smallest absolute Gasteiger partial charge is 0.224 e. The Morgan fingerprint density at radius 1 is 1.32 bits per heavy atom. The molecule has 3 rings (SSSR count). The summed E-state index contributed by atoms with van der Waals surface area (Å²) in [6.45, 7) is 4.24. The Hall–Kier alpha value is -1.84. The summed E-state index contributed by atoms with van der Waals surface area (Å²) in [6, 6.07) is 6.44. The molecule has 0 saturated heterocycles. The third-order valence-corrected chi connectivity index (χ3v) is 4.45. The number of aromatic amines is 1. The molecule has 0 radical (unpaired) electrons. The van der Waals surface area contributed by atoms with E-state index in [1.165, 1.54) is 19.3 Å². The van der Waals surface area contributed by atoms with E-state index < -0.39 is 0 Å². The van der Waals surface area contributed by atoms with Crippen LogP contribution in [0.4, 0.5) is 0 Å².